The number of ether oxygens (including phenoxy) is 2. The molecule has 1 unspecified atom stereocenters. The lowest BCUT2D eigenvalue weighted by molar-refractivity contribution is 0.0906. The Labute approximate surface area is 184 Å². The van der Waals surface area contributed by atoms with Crippen molar-refractivity contribution in [2.45, 2.75) is 19.6 Å². The van der Waals surface area contributed by atoms with Crippen LogP contribution in [0.15, 0.2) is 53.5 Å². The van der Waals surface area contributed by atoms with Gasteiger partial charge in [0.05, 0.1) is 32.6 Å². The van der Waals surface area contributed by atoms with Crippen molar-refractivity contribution >= 4 is 29.9 Å². The van der Waals surface area contributed by atoms with E-state index in [1.807, 2.05) is 43.4 Å². The average molecular weight is 496 g/mol. The average Bonchev–Trinajstić information content (AvgIpc) is 3.18. The molecule has 1 aliphatic rings. The summed E-state index contributed by atoms with van der Waals surface area (Å²) in [6.07, 6.45) is 1.12. The molecule has 0 saturated carbocycles. The highest BCUT2D eigenvalue weighted by Crippen LogP contribution is 2.17. The standard InChI is InChI=1S/C21H28N4O2.HI/c1-22-21(23-13-19-9-6-10-20(24-19)26-2)25-12-11-18(14-25)16-27-15-17-7-4-3-5-8-17;/h3-10,18H,11-16H2,1-2H3,(H,22,23);1H. The summed E-state index contributed by atoms with van der Waals surface area (Å²) in [5.41, 5.74) is 2.15. The normalized spacial score (nSPS) is 16.6. The second-order valence-corrected chi connectivity index (χ2v) is 6.67. The summed E-state index contributed by atoms with van der Waals surface area (Å²) in [4.78, 5) is 11.1. The molecule has 1 N–H and O–H groups in total. The van der Waals surface area contributed by atoms with Crippen LogP contribution in [0.2, 0.25) is 0 Å². The van der Waals surface area contributed by atoms with Gasteiger partial charge in [0.1, 0.15) is 0 Å². The van der Waals surface area contributed by atoms with E-state index in [1.165, 1.54) is 5.56 Å². The molecule has 1 atom stereocenters. The lowest BCUT2D eigenvalue weighted by Crippen LogP contribution is -2.40. The lowest BCUT2D eigenvalue weighted by Gasteiger charge is -2.21. The lowest BCUT2D eigenvalue weighted by atomic mass is 10.1. The Hall–Kier alpha value is -1.87. The van der Waals surface area contributed by atoms with Crippen LogP contribution in [0.25, 0.3) is 0 Å². The van der Waals surface area contributed by atoms with E-state index in [9.17, 15) is 0 Å². The molecule has 1 aromatic heterocycles. The number of aromatic nitrogens is 1. The van der Waals surface area contributed by atoms with Crippen LogP contribution in [0.1, 0.15) is 17.7 Å². The minimum Gasteiger partial charge on any atom is -0.481 e. The van der Waals surface area contributed by atoms with E-state index in [-0.39, 0.29) is 24.0 Å². The maximum atomic E-state index is 5.91. The van der Waals surface area contributed by atoms with Crippen LogP contribution in [-0.2, 0) is 17.9 Å². The van der Waals surface area contributed by atoms with Crippen LogP contribution in [0.4, 0.5) is 0 Å². The van der Waals surface area contributed by atoms with Gasteiger partial charge in [0, 0.05) is 32.1 Å². The maximum Gasteiger partial charge on any atom is 0.213 e. The number of rotatable bonds is 7. The zero-order valence-corrected chi connectivity index (χ0v) is 18.8. The first-order chi connectivity index (χ1) is 13.3. The molecule has 1 saturated heterocycles. The van der Waals surface area contributed by atoms with Gasteiger partial charge < -0.3 is 19.7 Å². The van der Waals surface area contributed by atoms with Gasteiger partial charge >= 0.3 is 0 Å². The first kappa shape index (κ1) is 22.4. The topological polar surface area (TPSA) is 59.0 Å². The Kier molecular flexibility index (Phi) is 9.49. The largest absolute Gasteiger partial charge is 0.481 e. The second kappa shape index (κ2) is 11.9. The van der Waals surface area contributed by atoms with E-state index < -0.39 is 0 Å². The minimum absolute atomic E-state index is 0. The molecule has 7 heteroatoms. The highest BCUT2D eigenvalue weighted by molar-refractivity contribution is 14.0. The summed E-state index contributed by atoms with van der Waals surface area (Å²) >= 11 is 0. The third-order valence-corrected chi connectivity index (χ3v) is 4.68. The Balaban J connectivity index is 0.00000280. The Morgan fingerprint density at radius 1 is 1.21 bits per heavy atom. The Morgan fingerprint density at radius 3 is 2.79 bits per heavy atom. The number of aliphatic imine (C=N–C) groups is 1. The van der Waals surface area contributed by atoms with Gasteiger partial charge in [-0.15, -0.1) is 24.0 Å². The number of halogens is 1. The fourth-order valence-electron chi connectivity index (χ4n) is 3.25. The van der Waals surface area contributed by atoms with Crippen molar-refractivity contribution in [2.24, 2.45) is 10.9 Å². The first-order valence-electron chi connectivity index (χ1n) is 9.35. The smallest absolute Gasteiger partial charge is 0.213 e. The summed E-state index contributed by atoms with van der Waals surface area (Å²) < 4.78 is 11.1. The molecule has 152 valence electrons. The summed E-state index contributed by atoms with van der Waals surface area (Å²) in [6.45, 7) is 4.02. The zero-order chi connectivity index (χ0) is 18.9. The monoisotopic (exact) mass is 496 g/mol. The molecule has 0 amide bonds. The van der Waals surface area contributed by atoms with Gasteiger partial charge in [-0.05, 0) is 18.1 Å². The van der Waals surface area contributed by atoms with Gasteiger partial charge in [0.15, 0.2) is 5.96 Å². The van der Waals surface area contributed by atoms with E-state index in [0.29, 0.717) is 24.9 Å². The number of guanidine groups is 1. The van der Waals surface area contributed by atoms with Gasteiger partial charge in [-0.2, -0.15) is 0 Å². The van der Waals surface area contributed by atoms with Crippen molar-refractivity contribution in [3.05, 3.63) is 59.8 Å². The molecular formula is C21H29IN4O2. The molecular weight excluding hydrogens is 467 g/mol. The summed E-state index contributed by atoms with van der Waals surface area (Å²) in [7, 11) is 3.45. The molecule has 1 aliphatic heterocycles. The number of methoxy groups -OCH3 is 1. The predicted octanol–water partition coefficient (Wildman–Crippen LogP) is 3.32. The molecule has 0 radical (unpaired) electrons. The van der Waals surface area contributed by atoms with Crippen molar-refractivity contribution < 1.29 is 9.47 Å². The van der Waals surface area contributed by atoms with E-state index >= 15 is 0 Å². The summed E-state index contributed by atoms with van der Waals surface area (Å²) in [6, 6.07) is 16.1. The zero-order valence-electron chi connectivity index (χ0n) is 16.5. The number of likely N-dealkylation sites (tertiary alicyclic amines) is 1. The minimum atomic E-state index is 0. The molecule has 2 heterocycles. The van der Waals surface area contributed by atoms with Crippen molar-refractivity contribution in [1.29, 1.82) is 0 Å². The van der Waals surface area contributed by atoms with E-state index in [4.69, 9.17) is 9.47 Å². The molecule has 0 aliphatic carbocycles. The molecule has 28 heavy (non-hydrogen) atoms. The number of nitrogens with one attached hydrogen (secondary N) is 1. The van der Waals surface area contributed by atoms with Gasteiger partial charge in [-0.1, -0.05) is 36.4 Å². The molecule has 0 bridgehead atoms. The Bertz CT molecular complexity index is 742. The molecule has 1 aromatic carbocycles. The molecule has 6 nitrogen and oxygen atoms in total. The van der Waals surface area contributed by atoms with Gasteiger partial charge in [0.25, 0.3) is 0 Å². The van der Waals surface area contributed by atoms with Crippen LogP contribution in [0.3, 0.4) is 0 Å². The van der Waals surface area contributed by atoms with E-state index in [0.717, 1.165) is 37.8 Å². The van der Waals surface area contributed by atoms with Crippen molar-refractivity contribution in [3.8, 4) is 5.88 Å². The van der Waals surface area contributed by atoms with Crippen LogP contribution >= 0.6 is 24.0 Å². The number of nitrogens with zero attached hydrogens (tertiary/aromatic N) is 3. The number of benzene rings is 1. The first-order valence-corrected chi connectivity index (χ1v) is 9.35. The van der Waals surface area contributed by atoms with E-state index in [1.54, 1.807) is 7.11 Å². The van der Waals surface area contributed by atoms with Crippen molar-refractivity contribution in [2.75, 3.05) is 33.9 Å². The van der Waals surface area contributed by atoms with Crippen LogP contribution in [0, 0.1) is 5.92 Å². The Morgan fingerprint density at radius 2 is 2.04 bits per heavy atom. The van der Waals surface area contributed by atoms with Crippen LogP contribution < -0.4 is 10.1 Å². The predicted molar refractivity (Wildman–Crippen MR) is 122 cm³/mol. The number of hydrogen-bond donors (Lipinski definition) is 1. The highest BCUT2D eigenvalue weighted by Gasteiger charge is 2.25. The molecule has 2 aromatic rings. The van der Waals surface area contributed by atoms with Crippen LogP contribution in [0.5, 0.6) is 5.88 Å². The molecule has 1 fully saturated rings. The fourth-order valence-corrected chi connectivity index (χ4v) is 3.25. The number of hydrogen-bond acceptors (Lipinski definition) is 4. The summed E-state index contributed by atoms with van der Waals surface area (Å²) in [5, 5.41) is 3.40. The molecule has 3 rings (SSSR count). The van der Waals surface area contributed by atoms with Gasteiger partial charge in [-0.25, -0.2) is 4.98 Å². The number of pyridine rings is 1. The fraction of sp³-hybridized carbons (Fsp3) is 0.429. The van der Waals surface area contributed by atoms with E-state index in [2.05, 4.69) is 32.3 Å². The highest BCUT2D eigenvalue weighted by atomic mass is 127. The second-order valence-electron chi connectivity index (χ2n) is 6.67. The van der Waals surface area contributed by atoms with Crippen molar-refractivity contribution in [1.82, 2.24) is 15.2 Å². The van der Waals surface area contributed by atoms with Gasteiger partial charge in [0.2, 0.25) is 5.88 Å². The quantitative estimate of drug-likeness (QED) is 0.362. The third kappa shape index (κ3) is 6.63. The maximum absolute atomic E-state index is 5.91. The van der Waals surface area contributed by atoms with Gasteiger partial charge in [-0.3, -0.25) is 4.99 Å². The van der Waals surface area contributed by atoms with Crippen LogP contribution in [-0.4, -0.2) is 49.7 Å². The molecule has 0 spiro atoms. The third-order valence-electron chi connectivity index (χ3n) is 4.68. The van der Waals surface area contributed by atoms with Crippen molar-refractivity contribution in [3.63, 3.8) is 0 Å². The SMILES string of the molecule is CN=C(NCc1cccc(OC)n1)N1CCC(COCc2ccccc2)C1.I. The summed E-state index contributed by atoms with van der Waals surface area (Å²) in [5.74, 6) is 2.06.